The Morgan fingerprint density at radius 2 is 2.29 bits per heavy atom. The van der Waals surface area contributed by atoms with Crippen LogP contribution in [0.3, 0.4) is 0 Å². The first-order valence-electron chi connectivity index (χ1n) is 5.78. The monoisotopic (exact) mass is 251 g/mol. The summed E-state index contributed by atoms with van der Waals surface area (Å²) < 4.78 is 0. The second-order valence-corrected chi connectivity index (χ2v) is 5.25. The molecule has 1 aliphatic heterocycles. The van der Waals surface area contributed by atoms with Gasteiger partial charge in [0.25, 0.3) is 0 Å². The van der Waals surface area contributed by atoms with Crippen LogP contribution in [0.25, 0.3) is 0 Å². The maximum absolute atomic E-state index is 11.5. The van der Waals surface area contributed by atoms with Crippen LogP contribution >= 0.6 is 11.8 Å². The maximum atomic E-state index is 11.5. The van der Waals surface area contributed by atoms with Crippen LogP contribution < -0.4 is 5.32 Å². The molecule has 1 aromatic carbocycles. The number of thioether (sulfide) groups is 1. The summed E-state index contributed by atoms with van der Waals surface area (Å²) in [6.07, 6.45) is 4.24. The molecule has 0 aliphatic carbocycles. The minimum absolute atomic E-state index is 0.569. The fourth-order valence-electron chi connectivity index (χ4n) is 2.39. The molecule has 0 saturated carbocycles. The Morgan fingerprint density at radius 1 is 1.53 bits per heavy atom. The number of aliphatic carboxylic acids is 1. The highest BCUT2D eigenvalue weighted by atomic mass is 32.2. The van der Waals surface area contributed by atoms with E-state index < -0.39 is 11.5 Å². The lowest BCUT2D eigenvalue weighted by Gasteiger charge is -2.25. The summed E-state index contributed by atoms with van der Waals surface area (Å²) in [5, 5.41) is 12.6. The second-order valence-electron chi connectivity index (χ2n) is 4.41. The predicted molar refractivity (Wildman–Crippen MR) is 69.5 cm³/mol. The minimum atomic E-state index is -0.758. The van der Waals surface area contributed by atoms with Gasteiger partial charge in [0.15, 0.2) is 0 Å². The van der Waals surface area contributed by atoms with Crippen molar-refractivity contribution in [1.82, 2.24) is 5.32 Å². The SMILES string of the molecule is CSc1ccccc1CC1(C(=O)O)CCCN1. The Bertz CT molecular complexity index is 414. The van der Waals surface area contributed by atoms with Gasteiger partial charge in [0, 0.05) is 11.3 Å². The molecule has 1 aliphatic rings. The highest BCUT2D eigenvalue weighted by Gasteiger charge is 2.41. The average molecular weight is 251 g/mol. The molecule has 0 amide bonds. The van der Waals surface area contributed by atoms with Crippen LogP contribution in [0.1, 0.15) is 18.4 Å². The van der Waals surface area contributed by atoms with E-state index >= 15 is 0 Å². The molecular formula is C13H17NO2S. The third-order valence-corrected chi connectivity index (χ3v) is 4.18. The molecule has 0 radical (unpaired) electrons. The fraction of sp³-hybridized carbons (Fsp3) is 0.462. The number of carbonyl (C=O) groups is 1. The lowest BCUT2D eigenvalue weighted by molar-refractivity contribution is -0.144. The standard InChI is InChI=1S/C13H17NO2S/c1-17-11-6-3-2-5-10(11)9-13(12(15)16)7-4-8-14-13/h2-3,5-6,14H,4,7-9H2,1H3,(H,15,16). The van der Waals surface area contributed by atoms with Gasteiger partial charge in [0.2, 0.25) is 0 Å². The molecule has 1 heterocycles. The van der Waals surface area contributed by atoms with Crippen molar-refractivity contribution in [3.8, 4) is 0 Å². The first-order valence-corrected chi connectivity index (χ1v) is 7.01. The Balaban J connectivity index is 2.26. The lowest BCUT2D eigenvalue weighted by atomic mass is 9.89. The van der Waals surface area contributed by atoms with E-state index in [-0.39, 0.29) is 0 Å². The van der Waals surface area contributed by atoms with Gasteiger partial charge in [-0.25, -0.2) is 0 Å². The topological polar surface area (TPSA) is 49.3 Å². The summed E-state index contributed by atoms with van der Waals surface area (Å²) in [5.74, 6) is -0.731. The van der Waals surface area contributed by atoms with E-state index in [4.69, 9.17) is 0 Å². The number of carboxylic acids is 1. The first-order chi connectivity index (χ1) is 8.18. The molecule has 92 valence electrons. The molecular weight excluding hydrogens is 234 g/mol. The molecule has 0 spiro atoms. The Labute approximate surface area is 106 Å². The molecule has 2 N–H and O–H groups in total. The normalized spacial score (nSPS) is 23.8. The van der Waals surface area contributed by atoms with Crippen LogP contribution in [0.4, 0.5) is 0 Å². The summed E-state index contributed by atoms with van der Waals surface area (Å²) in [4.78, 5) is 12.6. The molecule has 4 heteroatoms. The number of hydrogen-bond donors (Lipinski definition) is 2. The third-order valence-electron chi connectivity index (χ3n) is 3.34. The van der Waals surface area contributed by atoms with Crippen molar-refractivity contribution in [2.45, 2.75) is 29.7 Å². The lowest BCUT2D eigenvalue weighted by Crippen LogP contribution is -2.49. The molecule has 1 aromatic rings. The van der Waals surface area contributed by atoms with E-state index in [0.717, 1.165) is 18.5 Å². The molecule has 3 nitrogen and oxygen atoms in total. The minimum Gasteiger partial charge on any atom is -0.480 e. The van der Waals surface area contributed by atoms with Crippen LogP contribution in [0.15, 0.2) is 29.2 Å². The summed E-state index contributed by atoms with van der Waals surface area (Å²) >= 11 is 1.67. The maximum Gasteiger partial charge on any atom is 0.324 e. The highest BCUT2D eigenvalue weighted by Crippen LogP contribution is 2.29. The molecule has 0 aromatic heterocycles. The second kappa shape index (κ2) is 5.10. The van der Waals surface area contributed by atoms with E-state index in [1.165, 1.54) is 4.90 Å². The zero-order valence-electron chi connectivity index (χ0n) is 9.90. The van der Waals surface area contributed by atoms with Gasteiger partial charge in [0.1, 0.15) is 5.54 Å². The van der Waals surface area contributed by atoms with Crippen LogP contribution in [-0.2, 0) is 11.2 Å². The van der Waals surface area contributed by atoms with E-state index in [2.05, 4.69) is 5.32 Å². The summed E-state index contributed by atoms with van der Waals surface area (Å²) in [6.45, 7) is 0.799. The fourth-order valence-corrected chi connectivity index (χ4v) is 3.01. The molecule has 17 heavy (non-hydrogen) atoms. The van der Waals surface area contributed by atoms with Crippen molar-refractivity contribution < 1.29 is 9.90 Å². The largest absolute Gasteiger partial charge is 0.480 e. The van der Waals surface area contributed by atoms with Crippen LogP contribution in [-0.4, -0.2) is 29.4 Å². The van der Waals surface area contributed by atoms with Crippen LogP contribution in [0, 0.1) is 0 Å². The zero-order valence-corrected chi connectivity index (χ0v) is 10.7. The summed E-state index contributed by atoms with van der Waals surface area (Å²) in [5.41, 5.74) is 0.364. The number of benzene rings is 1. The molecule has 1 fully saturated rings. The van der Waals surface area contributed by atoms with Crippen molar-refractivity contribution >= 4 is 17.7 Å². The van der Waals surface area contributed by atoms with E-state index in [9.17, 15) is 9.90 Å². The van der Waals surface area contributed by atoms with Gasteiger partial charge in [-0.05, 0) is 37.3 Å². The average Bonchev–Trinajstić information content (AvgIpc) is 2.80. The number of carboxylic acid groups (broad SMARTS) is 1. The Morgan fingerprint density at radius 3 is 2.88 bits per heavy atom. The molecule has 1 unspecified atom stereocenters. The zero-order chi connectivity index (χ0) is 12.3. The predicted octanol–water partition coefficient (Wildman–Crippen LogP) is 2.16. The number of rotatable bonds is 4. The third kappa shape index (κ3) is 2.48. The van der Waals surface area contributed by atoms with Gasteiger partial charge in [-0.2, -0.15) is 0 Å². The van der Waals surface area contributed by atoms with Gasteiger partial charge in [0.05, 0.1) is 0 Å². The Kier molecular flexibility index (Phi) is 3.74. The van der Waals surface area contributed by atoms with E-state index in [0.29, 0.717) is 12.8 Å². The quantitative estimate of drug-likeness (QED) is 0.805. The molecule has 2 rings (SSSR count). The summed E-state index contributed by atoms with van der Waals surface area (Å²) in [6, 6.07) is 8.03. The Hall–Kier alpha value is -1.00. The van der Waals surface area contributed by atoms with E-state index in [1.54, 1.807) is 11.8 Å². The molecule has 1 atom stereocenters. The van der Waals surface area contributed by atoms with Crippen LogP contribution in [0.2, 0.25) is 0 Å². The number of hydrogen-bond acceptors (Lipinski definition) is 3. The van der Waals surface area contributed by atoms with Gasteiger partial charge in [-0.3, -0.25) is 4.79 Å². The first kappa shape index (κ1) is 12.5. The summed E-state index contributed by atoms with van der Waals surface area (Å²) in [7, 11) is 0. The van der Waals surface area contributed by atoms with Gasteiger partial charge < -0.3 is 10.4 Å². The van der Waals surface area contributed by atoms with Crippen molar-refractivity contribution in [1.29, 1.82) is 0 Å². The molecule has 1 saturated heterocycles. The highest BCUT2D eigenvalue weighted by molar-refractivity contribution is 7.98. The molecule has 0 bridgehead atoms. The van der Waals surface area contributed by atoms with Gasteiger partial charge in [-0.1, -0.05) is 18.2 Å². The van der Waals surface area contributed by atoms with Crippen molar-refractivity contribution in [2.24, 2.45) is 0 Å². The van der Waals surface area contributed by atoms with Crippen LogP contribution in [0.5, 0.6) is 0 Å². The van der Waals surface area contributed by atoms with Crippen molar-refractivity contribution in [3.05, 3.63) is 29.8 Å². The number of nitrogens with one attached hydrogen (secondary N) is 1. The smallest absolute Gasteiger partial charge is 0.324 e. The van der Waals surface area contributed by atoms with E-state index in [1.807, 2.05) is 30.5 Å². The van der Waals surface area contributed by atoms with Crippen molar-refractivity contribution in [2.75, 3.05) is 12.8 Å². The van der Waals surface area contributed by atoms with Gasteiger partial charge in [-0.15, -0.1) is 11.8 Å². The van der Waals surface area contributed by atoms with Crippen molar-refractivity contribution in [3.63, 3.8) is 0 Å². The van der Waals surface area contributed by atoms with Gasteiger partial charge >= 0.3 is 5.97 Å².